The highest BCUT2D eigenvalue weighted by molar-refractivity contribution is 5.51. The van der Waals surface area contributed by atoms with Crippen LogP contribution in [-0.4, -0.2) is 7.11 Å². The summed E-state index contributed by atoms with van der Waals surface area (Å²) in [6.07, 6.45) is 0.715. The highest BCUT2D eigenvalue weighted by atomic mass is 16.5. The zero-order valence-electron chi connectivity index (χ0n) is 10.1. The van der Waals surface area contributed by atoms with Crippen molar-refractivity contribution in [2.24, 2.45) is 5.11 Å². The fourth-order valence-electron chi connectivity index (χ4n) is 1.79. The van der Waals surface area contributed by atoms with Crippen molar-refractivity contribution in [3.63, 3.8) is 0 Å². The average Bonchev–Trinajstić information content (AvgIpc) is 2.42. The van der Waals surface area contributed by atoms with E-state index in [4.69, 9.17) is 10.3 Å². The molecular formula is C14H13N3O. The van der Waals surface area contributed by atoms with E-state index in [9.17, 15) is 0 Å². The molecule has 2 aromatic carbocycles. The normalized spacial score (nSPS) is 9.61. The Bertz CT molecular complexity index is 575. The van der Waals surface area contributed by atoms with Gasteiger partial charge in [0.1, 0.15) is 5.75 Å². The second kappa shape index (κ2) is 5.75. The van der Waals surface area contributed by atoms with E-state index in [1.165, 1.54) is 5.56 Å². The molecule has 0 atom stereocenters. The summed E-state index contributed by atoms with van der Waals surface area (Å²) in [6, 6.07) is 15.5. The van der Waals surface area contributed by atoms with Gasteiger partial charge in [-0.05, 0) is 41.3 Å². The van der Waals surface area contributed by atoms with Crippen LogP contribution in [0, 0.1) is 0 Å². The third-order valence-electron chi connectivity index (χ3n) is 2.68. The molecule has 0 unspecified atom stereocenters. The Hall–Kier alpha value is -2.45. The second-order valence-corrected chi connectivity index (χ2v) is 3.85. The fourth-order valence-corrected chi connectivity index (χ4v) is 1.79. The lowest BCUT2D eigenvalue weighted by molar-refractivity contribution is 0.414. The Morgan fingerprint density at radius 2 is 1.94 bits per heavy atom. The number of azide groups is 1. The maximum atomic E-state index is 8.56. The van der Waals surface area contributed by atoms with Crippen LogP contribution in [0.4, 0.5) is 5.69 Å². The SMILES string of the molecule is COc1ccc(N=[N+]=[N-])c(Cc2ccccc2)c1. The van der Waals surface area contributed by atoms with Gasteiger partial charge < -0.3 is 4.74 Å². The third-order valence-corrected chi connectivity index (χ3v) is 2.68. The van der Waals surface area contributed by atoms with Crippen molar-refractivity contribution < 1.29 is 4.74 Å². The van der Waals surface area contributed by atoms with E-state index in [-0.39, 0.29) is 0 Å². The lowest BCUT2D eigenvalue weighted by atomic mass is 10.0. The van der Waals surface area contributed by atoms with E-state index in [0.717, 1.165) is 11.3 Å². The zero-order chi connectivity index (χ0) is 12.8. The van der Waals surface area contributed by atoms with Gasteiger partial charge in [0.2, 0.25) is 0 Å². The Labute approximate surface area is 105 Å². The summed E-state index contributed by atoms with van der Waals surface area (Å²) in [5.41, 5.74) is 11.3. The molecule has 0 aromatic heterocycles. The minimum Gasteiger partial charge on any atom is -0.497 e. The molecule has 0 aliphatic carbocycles. The first-order valence-electron chi connectivity index (χ1n) is 5.59. The molecule has 2 aromatic rings. The molecule has 0 amide bonds. The Balaban J connectivity index is 2.37. The first-order valence-corrected chi connectivity index (χ1v) is 5.59. The molecule has 0 saturated heterocycles. The molecule has 0 spiro atoms. The van der Waals surface area contributed by atoms with Crippen molar-refractivity contribution in [1.82, 2.24) is 0 Å². The van der Waals surface area contributed by atoms with E-state index in [1.807, 2.05) is 36.4 Å². The Morgan fingerprint density at radius 3 is 2.61 bits per heavy atom. The van der Waals surface area contributed by atoms with Crippen molar-refractivity contribution in [1.29, 1.82) is 0 Å². The minimum atomic E-state index is 0.641. The molecule has 0 bridgehead atoms. The van der Waals surface area contributed by atoms with Gasteiger partial charge in [0.05, 0.1) is 7.11 Å². The molecular weight excluding hydrogens is 226 g/mol. The van der Waals surface area contributed by atoms with Crippen LogP contribution >= 0.6 is 0 Å². The zero-order valence-corrected chi connectivity index (χ0v) is 10.1. The lowest BCUT2D eigenvalue weighted by Crippen LogP contribution is -1.90. The molecule has 0 aliphatic heterocycles. The first kappa shape index (κ1) is 12.0. The predicted molar refractivity (Wildman–Crippen MR) is 71.0 cm³/mol. The van der Waals surface area contributed by atoms with Gasteiger partial charge in [-0.15, -0.1) is 0 Å². The van der Waals surface area contributed by atoms with Crippen LogP contribution in [-0.2, 0) is 6.42 Å². The van der Waals surface area contributed by atoms with Crippen LogP contribution in [0.15, 0.2) is 53.6 Å². The molecule has 2 rings (SSSR count). The minimum absolute atomic E-state index is 0.641. The van der Waals surface area contributed by atoms with E-state index in [0.29, 0.717) is 12.1 Å². The molecule has 0 radical (unpaired) electrons. The summed E-state index contributed by atoms with van der Waals surface area (Å²) in [4.78, 5) is 2.85. The highest BCUT2D eigenvalue weighted by Gasteiger charge is 2.04. The molecule has 4 heteroatoms. The lowest BCUT2D eigenvalue weighted by Gasteiger charge is -2.08. The van der Waals surface area contributed by atoms with Gasteiger partial charge in [0.25, 0.3) is 0 Å². The number of nitrogens with zero attached hydrogens (tertiary/aromatic N) is 3. The van der Waals surface area contributed by atoms with Crippen LogP contribution in [0.5, 0.6) is 5.75 Å². The van der Waals surface area contributed by atoms with Gasteiger partial charge in [-0.1, -0.05) is 35.4 Å². The van der Waals surface area contributed by atoms with Crippen molar-refractivity contribution in [3.8, 4) is 5.75 Å². The van der Waals surface area contributed by atoms with Gasteiger partial charge in [0, 0.05) is 10.6 Å². The molecule has 0 aliphatic rings. The van der Waals surface area contributed by atoms with Gasteiger partial charge in [-0.25, -0.2) is 0 Å². The molecule has 0 fully saturated rings. The van der Waals surface area contributed by atoms with Crippen LogP contribution in [0.25, 0.3) is 10.4 Å². The van der Waals surface area contributed by atoms with E-state index >= 15 is 0 Å². The first-order chi connectivity index (χ1) is 8.83. The van der Waals surface area contributed by atoms with Gasteiger partial charge in [-0.2, -0.15) is 0 Å². The van der Waals surface area contributed by atoms with E-state index in [2.05, 4.69) is 10.0 Å². The summed E-state index contributed by atoms with van der Waals surface area (Å²) in [6.45, 7) is 0. The number of ether oxygens (including phenoxy) is 1. The smallest absolute Gasteiger partial charge is 0.119 e. The van der Waals surface area contributed by atoms with Crippen LogP contribution in [0.3, 0.4) is 0 Å². The van der Waals surface area contributed by atoms with Crippen LogP contribution in [0.2, 0.25) is 0 Å². The average molecular weight is 239 g/mol. The molecule has 0 saturated carbocycles. The fraction of sp³-hybridized carbons (Fsp3) is 0.143. The van der Waals surface area contributed by atoms with Gasteiger partial charge >= 0.3 is 0 Å². The maximum Gasteiger partial charge on any atom is 0.119 e. The van der Waals surface area contributed by atoms with Crippen LogP contribution in [0.1, 0.15) is 11.1 Å². The number of benzene rings is 2. The maximum absolute atomic E-state index is 8.56. The monoisotopic (exact) mass is 239 g/mol. The summed E-state index contributed by atoms with van der Waals surface area (Å²) < 4.78 is 5.19. The number of rotatable bonds is 4. The van der Waals surface area contributed by atoms with Crippen molar-refractivity contribution in [2.75, 3.05) is 7.11 Å². The second-order valence-electron chi connectivity index (χ2n) is 3.85. The van der Waals surface area contributed by atoms with Gasteiger partial charge in [0.15, 0.2) is 0 Å². The van der Waals surface area contributed by atoms with Crippen LogP contribution < -0.4 is 4.74 Å². The Morgan fingerprint density at radius 1 is 1.17 bits per heavy atom. The number of methoxy groups -OCH3 is 1. The number of hydrogen-bond acceptors (Lipinski definition) is 2. The molecule has 90 valence electrons. The van der Waals surface area contributed by atoms with Crippen molar-refractivity contribution >= 4 is 5.69 Å². The quantitative estimate of drug-likeness (QED) is 0.447. The largest absolute Gasteiger partial charge is 0.497 e. The molecule has 18 heavy (non-hydrogen) atoms. The summed E-state index contributed by atoms with van der Waals surface area (Å²) in [7, 11) is 1.62. The highest BCUT2D eigenvalue weighted by Crippen LogP contribution is 2.27. The molecule has 0 N–H and O–H groups in total. The molecule has 4 nitrogen and oxygen atoms in total. The topological polar surface area (TPSA) is 58.0 Å². The number of hydrogen-bond donors (Lipinski definition) is 0. The van der Waals surface area contributed by atoms with E-state index in [1.54, 1.807) is 19.2 Å². The van der Waals surface area contributed by atoms with Crippen molar-refractivity contribution in [2.45, 2.75) is 6.42 Å². The summed E-state index contributed by atoms with van der Waals surface area (Å²) >= 11 is 0. The summed E-state index contributed by atoms with van der Waals surface area (Å²) in [5, 5.41) is 3.70. The summed E-state index contributed by atoms with van der Waals surface area (Å²) in [5.74, 6) is 0.762. The third kappa shape index (κ3) is 2.81. The standard InChI is InChI=1S/C14H13N3O/c1-18-13-7-8-14(16-17-15)12(10-13)9-11-5-3-2-4-6-11/h2-8,10H,9H2,1H3. The predicted octanol–water partition coefficient (Wildman–Crippen LogP) is 4.23. The van der Waals surface area contributed by atoms with Crippen molar-refractivity contribution in [3.05, 3.63) is 70.1 Å². The van der Waals surface area contributed by atoms with E-state index < -0.39 is 0 Å². The van der Waals surface area contributed by atoms with Gasteiger partial charge in [-0.3, -0.25) is 0 Å². The molecule has 0 heterocycles. The Kier molecular flexibility index (Phi) is 3.84.